The molecule has 3 heteroatoms. The molecule has 142 valence electrons. The van der Waals surface area contributed by atoms with Crippen LogP contribution in [0, 0.1) is 18.8 Å². The number of nitrogens with zero attached hydrogens (tertiary/aromatic N) is 2. The first-order valence-electron chi connectivity index (χ1n) is 10.5. The monoisotopic (exact) mass is 362 g/mol. The van der Waals surface area contributed by atoms with Gasteiger partial charge in [-0.25, -0.2) is 0 Å². The van der Waals surface area contributed by atoms with Crippen LogP contribution in [0.1, 0.15) is 59.3 Å². The van der Waals surface area contributed by atoms with Crippen molar-refractivity contribution in [3.8, 4) is 0 Å². The van der Waals surface area contributed by atoms with E-state index in [1.807, 2.05) is 24.4 Å². The number of pyridine rings is 1. The van der Waals surface area contributed by atoms with Gasteiger partial charge in [0.25, 0.3) is 5.91 Å². The molecular formula is C24H30N2O. The van der Waals surface area contributed by atoms with Gasteiger partial charge in [-0.3, -0.25) is 9.78 Å². The van der Waals surface area contributed by atoms with Gasteiger partial charge >= 0.3 is 0 Å². The maximum Gasteiger partial charge on any atom is 0.254 e. The Morgan fingerprint density at radius 1 is 1.00 bits per heavy atom. The first-order chi connectivity index (χ1) is 13.2. The van der Waals surface area contributed by atoms with Gasteiger partial charge in [0, 0.05) is 30.5 Å². The molecule has 0 unspecified atom stereocenters. The average molecular weight is 363 g/mol. The van der Waals surface area contributed by atoms with Crippen LogP contribution in [0.4, 0.5) is 0 Å². The van der Waals surface area contributed by atoms with Crippen LogP contribution in [0.25, 0.3) is 0 Å². The first kappa shape index (κ1) is 18.2. The van der Waals surface area contributed by atoms with E-state index >= 15 is 0 Å². The molecule has 2 heterocycles. The minimum atomic E-state index is 0.234. The summed E-state index contributed by atoms with van der Waals surface area (Å²) < 4.78 is 0. The molecule has 1 aromatic heterocycles. The van der Waals surface area contributed by atoms with Crippen LogP contribution in [-0.2, 0) is 12.8 Å². The second-order valence-electron chi connectivity index (χ2n) is 8.25. The molecular weight excluding hydrogens is 332 g/mol. The molecule has 3 nitrogen and oxygen atoms in total. The standard InChI is InChI=1S/C24H30N2O/c1-18-19(10-6-15-25-18)12-13-21-8-4-5-11-23(21)24(27)26-16-14-20-7-2-3-9-22(20)17-26/h4-6,8,10-11,15,20,22H,2-3,7,9,12-14,16-17H2,1H3/t20-,22+/m1/s1. The topological polar surface area (TPSA) is 33.2 Å². The Hall–Kier alpha value is -2.16. The fourth-order valence-electron chi connectivity index (χ4n) is 4.95. The maximum atomic E-state index is 13.3. The van der Waals surface area contributed by atoms with Crippen LogP contribution in [0.2, 0.25) is 0 Å². The zero-order valence-corrected chi connectivity index (χ0v) is 16.4. The van der Waals surface area contributed by atoms with Crippen molar-refractivity contribution in [1.82, 2.24) is 9.88 Å². The number of amides is 1. The summed E-state index contributed by atoms with van der Waals surface area (Å²) in [5.41, 5.74) is 4.41. The minimum Gasteiger partial charge on any atom is -0.338 e. The number of piperidine rings is 1. The number of carbonyl (C=O) groups excluding carboxylic acids is 1. The molecule has 1 aliphatic carbocycles. The molecule has 1 saturated heterocycles. The molecule has 2 fully saturated rings. The second-order valence-corrected chi connectivity index (χ2v) is 8.25. The number of carbonyl (C=O) groups is 1. The summed E-state index contributed by atoms with van der Waals surface area (Å²) >= 11 is 0. The van der Waals surface area contributed by atoms with Gasteiger partial charge in [0.15, 0.2) is 0 Å². The molecule has 2 aromatic rings. The molecule has 0 N–H and O–H groups in total. The smallest absolute Gasteiger partial charge is 0.254 e. The zero-order chi connectivity index (χ0) is 18.6. The molecule has 4 rings (SSSR count). The highest BCUT2D eigenvalue weighted by molar-refractivity contribution is 5.95. The van der Waals surface area contributed by atoms with E-state index in [1.165, 1.54) is 37.7 Å². The third-order valence-corrected chi connectivity index (χ3v) is 6.61. The lowest BCUT2D eigenvalue weighted by molar-refractivity contribution is 0.0520. The fraction of sp³-hybridized carbons (Fsp3) is 0.500. The fourth-order valence-corrected chi connectivity index (χ4v) is 4.95. The zero-order valence-electron chi connectivity index (χ0n) is 16.4. The van der Waals surface area contributed by atoms with Crippen molar-refractivity contribution < 1.29 is 4.79 Å². The molecule has 0 bridgehead atoms. The SMILES string of the molecule is Cc1ncccc1CCc1ccccc1C(=O)N1CC[C@H]2CCCC[C@H]2C1. The van der Waals surface area contributed by atoms with E-state index in [0.29, 0.717) is 0 Å². The Morgan fingerprint density at radius 2 is 1.74 bits per heavy atom. The van der Waals surface area contributed by atoms with Gasteiger partial charge in [0.1, 0.15) is 0 Å². The molecule has 27 heavy (non-hydrogen) atoms. The number of hydrogen-bond donors (Lipinski definition) is 0. The number of fused-ring (bicyclic) bond motifs is 1. The van der Waals surface area contributed by atoms with E-state index in [-0.39, 0.29) is 5.91 Å². The number of benzene rings is 1. The van der Waals surface area contributed by atoms with Gasteiger partial charge in [-0.15, -0.1) is 0 Å². The van der Waals surface area contributed by atoms with Crippen LogP contribution in [0.5, 0.6) is 0 Å². The van der Waals surface area contributed by atoms with Crippen molar-refractivity contribution in [2.24, 2.45) is 11.8 Å². The third kappa shape index (κ3) is 4.07. The lowest BCUT2D eigenvalue weighted by Crippen LogP contribution is -2.45. The maximum absolute atomic E-state index is 13.3. The van der Waals surface area contributed by atoms with Crippen LogP contribution in [0.15, 0.2) is 42.6 Å². The van der Waals surface area contributed by atoms with E-state index < -0.39 is 0 Å². The first-order valence-corrected chi connectivity index (χ1v) is 10.5. The van der Waals surface area contributed by atoms with Crippen molar-refractivity contribution in [2.75, 3.05) is 13.1 Å². The number of aromatic nitrogens is 1. The summed E-state index contributed by atoms with van der Waals surface area (Å²) in [4.78, 5) is 19.8. The second kappa shape index (κ2) is 8.24. The van der Waals surface area contributed by atoms with Gasteiger partial charge in [-0.1, -0.05) is 43.5 Å². The lowest BCUT2D eigenvalue weighted by Gasteiger charge is -2.41. The van der Waals surface area contributed by atoms with Gasteiger partial charge in [-0.05, 0) is 67.7 Å². The van der Waals surface area contributed by atoms with E-state index in [0.717, 1.165) is 54.6 Å². The number of likely N-dealkylation sites (tertiary alicyclic amines) is 1. The summed E-state index contributed by atoms with van der Waals surface area (Å²) in [6.07, 6.45) is 10.2. The summed E-state index contributed by atoms with van der Waals surface area (Å²) in [7, 11) is 0. The molecule has 0 spiro atoms. The van der Waals surface area contributed by atoms with Crippen molar-refractivity contribution >= 4 is 5.91 Å². The Balaban J connectivity index is 1.47. The number of aryl methyl sites for hydroxylation is 3. The van der Waals surface area contributed by atoms with E-state index in [4.69, 9.17) is 0 Å². The minimum absolute atomic E-state index is 0.234. The van der Waals surface area contributed by atoms with Crippen molar-refractivity contribution in [2.45, 2.75) is 51.9 Å². The van der Waals surface area contributed by atoms with Gasteiger partial charge in [0.2, 0.25) is 0 Å². The predicted octanol–water partition coefficient (Wildman–Crippen LogP) is 4.83. The number of hydrogen-bond acceptors (Lipinski definition) is 2. The van der Waals surface area contributed by atoms with E-state index in [2.05, 4.69) is 35.0 Å². The van der Waals surface area contributed by atoms with Crippen molar-refractivity contribution in [3.63, 3.8) is 0 Å². The Kier molecular flexibility index (Phi) is 5.56. The van der Waals surface area contributed by atoms with Gasteiger partial charge in [0.05, 0.1) is 0 Å². The summed E-state index contributed by atoms with van der Waals surface area (Å²) in [5.74, 6) is 1.81. The van der Waals surface area contributed by atoms with Gasteiger partial charge < -0.3 is 4.90 Å². The molecule has 1 saturated carbocycles. The highest BCUT2D eigenvalue weighted by Crippen LogP contribution is 2.36. The quantitative estimate of drug-likeness (QED) is 0.781. The molecule has 1 aromatic carbocycles. The molecule has 2 aliphatic rings. The largest absolute Gasteiger partial charge is 0.338 e. The van der Waals surface area contributed by atoms with Crippen molar-refractivity contribution in [3.05, 3.63) is 65.0 Å². The predicted molar refractivity (Wildman–Crippen MR) is 109 cm³/mol. The summed E-state index contributed by atoms with van der Waals surface area (Å²) in [5, 5.41) is 0. The van der Waals surface area contributed by atoms with Crippen LogP contribution in [-0.4, -0.2) is 28.9 Å². The Morgan fingerprint density at radius 3 is 2.59 bits per heavy atom. The highest BCUT2D eigenvalue weighted by Gasteiger charge is 2.33. The van der Waals surface area contributed by atoms with E-state index in [1.54, 1.807) is 0 Å². The number of rotatable bonds is 4. The normalized spacial score (nSPS) is 22.3. The van der Waals surface area contributed by atoms with Gasteiger partial charge in [-0.2, -0.15) is 0 Å². The molecule has 0 radical (unpaired) electrons. The summed E-state index contributed by atoms with van der Waals surface area (Å²) in [6.45, 7) is 3.94. The third-order valence-electron chi connectivity index (χ3n) is 6.61. The average Bonchev–Trinajstić information content (AvgIpc) is 2.72. The van der Waals surface area contributed by atoms with Crippen molar-refractivity contribution in [1.29, 1.82) is 0 Å². The van der Waals surface area contributed by atoms with Crippen LogP contribution in [0.3, 0.4) is 0 Å². The van der Waals surface area contributed by atoms with Crippen LogP contribution >= 0.6 is 0 Å². The van der Waals surface area contributed by atoms with E-state index in [9.17, 15) is 4.79 Å². The Bertz CT molecular complexity index is 800. The highest BCUT2D eigenvalue weighted by atomic mass is 16.2. The molecule has 1 amide bonds. The molecule has 1 aliphatic heterocycles. The lowest BCUT2D eigenvalue weighted by atomic mass is 9.75. The summed E-state index contributed by atoms with van der Waals surface area (Å²) in [6, 6.07) is 12.3. The molecule has 2 atom stereocenters. The Labute approximate surface area is 162 Å². The van der Waals surface area contributed by atoms with Crippen LogP contribution < -0.4 is 0 Å².